The van der Waals surface area contributed by atoms with Crippen LogP contribution < -0.4 is 0 Å². The van der Waals surface area contributed by atoms with Gasteiger partial charge in [-0.1, -0.05) is 6.42 Å². The minimum absolute atomic E-state index is 0.150. The standard InChI is InChI=1S/C9H13N3O2S/c1-14-7(13)5-12-8(6-3-2-4-6)10-11-9(12)15/h6H,2-5H2,1H3,(H,11,15). The first-order chi connectivity index (χ1) is 7.22. The highest BCUT2D eigenvalue weighted by Crippen LogP contribution is 2.35. The van der Waals surface area contributed by atoms with Crippen molar-refractivity contribution in [3.63, 3.8) is 0 Å². The molecule has 1 heterocycles. The van der Waals surface area contributed by atoms with Crippen molar-refractivity contribution in [2.24, 2.45) is 0 Å². The molecular weight excluding hydrogens is 214 g/mol. The minimum Gasteiger partial charge on any atom is -0.468 e. The van der Waals surface area contributed by atoms with E-state index in [1.807, 2.05) is 0 Å². The highest BCUT2D eigenvalue weighted by molar-refractivity contribution is 7.71. The summed E-state index contributed by atoms with van der Waals surface area (Å²) in [7, 11) is 1.37. The van der Waals surface area contributed by atoms with Crippen LogP contribution in [0.2, 0.25) is 0 Å². The predicted molar refractivity (Wildman–Crippen MR) is 56.0 cm³/mol. The Morgan fingerprint density at radius 1 is 1.73 bits per heavy atom. The Morgan fingerprint density at radius 3 is 3.00 bits per heavy atom. The molecule has 5 nitrogen and oxygen atoms in total. The fraction of sp³-hybridized carbons (Fsp3) is 0.667. The summed E-state index contributed by atoms with van der Waals surface area (Å²) in [6, 6.07) is 0. The van der Waals surface area contributed by atoms with Crippen LogP contribution in [-0.2, 0) is 16.1 Å². The molecule has 2 rings (SSSR count). The average Bonchev–Trinajstić information content (AvgIpc) is 2.47. The second-order valence-electron chi connectivity index (χ2n) is 3.68. The molecule has 0 saturated heterocycles. The molecule has 82 valence electrons. The summed E-state index contributed by atoms with van der Waals surface area (Å²) in [5.41, 5.74) is 0. The third-order valence-corrected chi connectivity index (χ3v) is 3.08. The van der Waals surface area contributed by atoms with Crippen LogP contribution in [0.4, 0.5) is 0 Å². The molecule has 15 heavy (non-hydrogen) atoms. The molecule has 0 spiro atoms. The topological polar surface area (TPSA) is 59.9 Å². The second-order valence-corrected chi connectivity index (χ2v) is 4.06. The summed E-state index contributed by atoms with van der Waals surface area (Å²) < 4.78 is 6.83. The molecule has 1 aliphatic rings. The Kier molecular flexibility index (Phi) is 2.86. The number of aromatic nitrogens is 3. The van der Waals surface area contributed by atoms with E-state index in [4.69, 9.17) is 12.2 Å². The summed E-state index contributed by atoms with van der Waals surface area (Å²) in [6.45, 7) is 0.150. The van der Waals surface area contributed by atoms with Crippen molar-refractivity contribution in [1.29, 1.82) is 0 Å². The van der Waals surface area contributed by atoms with Crippen molar-refractivity contribution < 1.29 is 9.53 Å². The van der Waals surface area contributed by atoms with Crippen LogP contribution in [-0.4, -0.2) is 27.8 Å². The minimum atomic E-state index is -0.298. The van der Waals surface area contributed by atoms with Gasteiger partial charge in [0.25, 0.3) is 0 Å². The van der Waals surface area contributed by atoms with E-state index in [1.165, 1.54) is 13.5 Å². The van der Waals surface area contributed by atoms with E-state index in [0.29, 0.717) is 10.7 Å². The van der Waals surface area contributed by atoms with Gasteiger partial charge in [-0.3, -0.25) is 14.5 Å². The van der Waals surface area contributed by atoms with Gasteiger partial charge in [0, 0.05) is 5.92 Å². The first kappa shape index (κ1) is 10.4. The van der Waals surface area contributed by atoms with Gasteiger partial charge in [0.15, 0.2) is 4.77 Å². The second kappa shape index (κ2) is 4.14. The van der Waals surface area contributed by atoms with Gasteiger partial charge in [-0.15, -0.1) is 0 Å². The van der Waals surface area contributed by atoms with Gasteiger partial charge < -0.3 is 4.74 Å². The molecule has 0 unspecified atom stereocenters. The quantitative estimate of drug-likeness (QED) is 0.626. The van der Waals surface area contributed by atoms with E-state index in [0.717, 1.165) is 18.7 Å². The molecule has 0 radical (unpaired) electrons. The van der Waals surface area contributed by atoms with Crippen LogP contribution in [0.1, 0.15) is 31.0 Å². The van der Waals surface area contributed by atoms with Crippen molar-refractivity contribution >= 4 is 18.2 Å². The highest BCUT2D eigenvalue weighted by atomic mass is 32.1. The lowest BCUT2D eigenvalue weighted by Gasteiger charge is -2.24. The number of ether oxygens (including phenoxy) is 1. The number of hydrogen-bond acceptors (Lipinski definition) is 4. The zero-order valence-corrected chi connectivity index (χ0v) is 9.34. The van der Waals surface area contributed by atoms with Gasteiger partial charge in [-0.2, -0.15) is 5.10 Å². The Morgan fingerprint density at radius 2 is 2.47 bits per heavy atom. The maximum Gasteiger partial charge on any atom is 0.325 e. The number of H-pyrrole nitrogens is 1. The molecule has 1 saturated carbocycles. The third-order valence-electron chi connectivity index (χ3n) is 2.77. The zero-order chi connectivity index (χ0) is 10.8. The number of esters is 1. The lowest BCUT2D eigenvalue weighted by Crippen LogP contribution is -2.19. The Bertz CT molecular complexity index is 419. The maximum atomic E-state index is 11.2. The number of aromatic amines is 1. The fourth-order valence-electron chi connectivity index (χ4n) is 1.65. The lowest BCUT2D eigenvalue weighted by molar-refractivity contribution is -0.141. The Balaban J connectivity index is 2.23. The van der Waals surface area contributed by atoms with E-state index < -0.39 is 0 Å². The van der Waals surface area contributed by atoms with Crippen LogP contribution in [0.5, 0.6) is 0 Å². The van der Waals surface area contributed by atoms with Crippen molar-refractivity contribution in [1.82, 2.24) is 14.8 Å². The molecule has 1 fully saturated rings. The van der Waals surface area contributed by atoms with E-state index >= 15 is 0 Å². The molecule has 0 aromatic carbocycles. The fourth-order valence-corrected chi connectivity index (χ4v) is 1.86. The van der Waals surface area contributed by atoms with E-state index in [1.54, 1.807) is 4.57 Å². The normalized spacial score (nSPS) is 16.1. The van der Waals surface area contributed by atoms with Crippen molar-refractivity contribution in [2.45, 2.75) is 31.7 Å². The lowest BCUT2D eigenvalue weighted by atomic mass is 9.85. The Hall–Kier alpha value is -1.17. The number of carbonyl (C=O) groups is 1. The molecule has 1 aliphatic carbocycles. The SMILES string of the molecule is COC(=O)Cn1c(C2CCC2)n[nH]c1=S. The monoisotopic (exact) mass is 227 g/mol. The molecule has 6 heteroatoms. The largest absolute Gasteiger partial charge is 0.468 e. The summed E-state index contributed by atoms with van der Waals surface area (Å²) in [4.78, 5) is 11.2. The zero-order valence-electron chi connectivity index (χ0n) is 8.52. The molecule has 1 aromatic heterocycles. The number of rotatable bonds is 3. The smallest absolute Gasteiger partial charge is 0.325 e. The van der Waals surface area contributed by atoms with Crippen molar-refractivity contribution in [3.8, 4) is 0 Å². The average molecular weight is 227 g/mol. The summed E-state index contributed by atoms with van der Waals surface area (Å²) in [6.07, 6.45) is 3.48. The van der Waals surface area contributed by atoms with Gasteiger partial charge in [0.05, 0.1) is 7.11 Å². The van der Waals surface area contributed by atoms with Crippen LogP contribution in [0.25, 0.3) is 0 Å². The van der Waals surface area contributed by atoms with E-state index in [9.17, 15) is 4.79 Å². The van der Waals surface area contributed by atoms with E-state index in [-0.39, 0.29) is 12.5 Å². The molecule has 0 atom stereocenters. The molecule has 0 aliphatic heterocycles. The predicted octanol–water partition coefficient (Wildman–Crippen LogP) is 1.38. The van der Waals surface area contributed by atoms with Gasteiger partial charge in [-0.05, 0) is 25.1 Å². The molecule has 1 aromatic rings. The summed E-state index contributed by atoms with van der Waals surface area (Å²) >= 11 is 5.07. The van der Waals surface area contributed by atoms with Crippen molar-refractivity contribution in [2.75, 3.05) is 7.11 Å². The third kappa shape index (κ3) is 1.94. The highest BCUT2D eigenvalue weighted by Gasteiger charge is 2.25. The first-order valence-electron chi connectivity index (χ1n) is 4.94. The number of nitrogens with zero attached hydrogens (tertiary/aromatic N) is 2. The van der Waals surface area contributed by atoms with Gasteiger partial charge >= 0.3 is 5.97 Å². The van der Waals surface area contributed by atoms with E-state index in [2.05, 4.69) is 14.9 Å². The molecular formula is C9H13N3O2S. The molecule has 0 bridgehead atoms. The summed E-state index contributed by atoms with van der Waals surface area (Å²) in [5.74, 6) is 1.03. The van der Waals surface area contributed by atoms with Crippen LogP contribution in [0, 0.1) is 4.77 Å². The van der Waals surface area contributed by atoms with Gasteiger partial charge in [0.2, 0.25) is 0 Å². The molecule has 1 N–H and O–H groups in total. The van der Waals surface area contributed by atoms with Gasteiger partial charge in [-0.25, -0.2) is 0 Å². The van der Waals surface area contributed by atoms with Crippen LogP contribution in [0.15, 0.2) is 0 Å². The van der Waals surface area contributed by atoms with Gasteiger partial charge in [0.1, 0.15) is 12.4 Å². The summed E-state index contributed by atoms with van der Waals surface area (Å²) in [5, 5.41) is 6.89. The van der Waals surface area contributed by atoms with Crippen LogP contribution >= 0.6 is 12.2 Å². The number of hydrogen-bond donors (Lipinski definition) is 1. The number of carbonyl (C=O) groups excluding carboxylic acids is 1. The number of methoxy groups -OCH3 is 1. The first-order valence-corrected chi connectivity index (χ1v) is 5.35. The number of nitrogens with one attached hydrogen (secondary N) is 1. The maximum absolute atomic E-state index is 11.2. The molecule has 0 amide bonds. The van der Waals surface area contributed by atoms with Crippen molar-refractivity contribution in [3.05, 3.63) is 10.6 Å². The van der Waals surface area contributed by atoms with Crippen LogP contribution in [0.3, 0.4) is 0 Å². The Labute approximate surface area is 92.4 Å².